The van der Waals surface area contributed by atoms with Gasteiger partial charge in [-0.2, -0.15) is 8.42 Å². The molecular weight excluding hydrogens is 556 g/mol. The maximum Gasteiger partial charge on any atom is 0.295 e. The van der Waals surface area contributed by atoms with E-state index in [1.54, 1.807) is 24.3 Å². The molecule has 8 heteroatoms. The molecule has 0 spiro atoms. The molecule has 0 aliphatic carbocycles. The zero-order valence-electron chi connectivity index (χ0n) is 16.3. The Morgan fingerprint density at radius 1 is 0.688 bits per heavy atom. The number of nitrogens with zero attached hydrogens (tertiary/aromatic N) is 2. The van der Waals surface area contributed by atoms with Crippen molar-refractivity contribution >= 4 is 63.8 Å². The molecule has 0 radical (unpaired) electrons. The van der Waals surface area contributed by atoms with Crippen LogP contribution in [0.15, 0.2) is 92.7 Å². The van der Waals surface area contributed by atoms with Crippen molar-refractivity contribution in [2.45, 2.75) is 4.90 Å². The molecule has 5 aromatic rings. The van der Waals surface area contributed by atoms with Crippen molar-refractivity contribution in [1.29, 1.82) is 0 Å². The molecule has 5 nitrogen and oxygen atoms in total. The van der Waals surface area contributed by atoms with Crippen LogP contribution in [0.1, 0.15) is 0 Å². The van der Waals surface area contributed by atoms with E-state index >= 15 is 0 Å². The van der Waals surface area contributed by atoms with Crippen molar-refractivity contribution in [2.24, 2.45) is 0 Å². The van der Waals surface area contributed by atoms with Gasteiger partial charge < -0.3 is 0 Å². The largest absolute Gasteiger partial charge is 0.295 e. The number of hydrogen-bond donors (Lipinski definition) is 1. The number of rotatable bonds is 3. The van der Waals surface area contributed by atoms with E-state index in [1.165, 1.54) is 6.07 Å². The second-order valence-electron chi connectivity index (χ2n) is 7.23. The van der Waals surface area contributed by atoms with Gasteiger partial charge in [0.15, 0.2) is 0 Å². The molecule has 5 rings (SSSR count). The summed E-state index contributed by atoms with van der Waals surface area (Å²) in [4.78, 5) is 9.64. The van der Waals surface area contributed by atoms with Gasteiger partial charge in [0.2, 0.25) is 0 Å². The number of fused-ring (bicyclic) bond motifs is 2. The molecule has 0 amide bonds. The van der Waals surface area contributed by atoms with Crippen LogP contribution in [0.2, 0.25) is 0 Å². The minimum Gasteiger partial charge on any atom is -0.282 e. The maximum absolute atomic E-state index is 11.9. The van der Waals surface area contributed by atoms with Gasteiger partial charge in [-0.3, -0.25) is 4.55 Å². The normalized spacial score (nSPS) is 11.8. The summed E-state index contributed by atoms with van der Waals surface area (Å²) in [5.41, 5.74) is 4.35. The van der Waals surface area contributed by atoms with Crippen molar-refractivity contribution in [1.82, 2.24) is 9.97 Å². The Labute approximate surface area is 201 Å². The van der Waals surface area contributed by atoms with E-state index in [9.17, 15) is 13.0 Å². The van der Waals surface area contributed by atoms with Crippen LogP contribution in [0.4, 0.5) is 0 Å². The summed E-state index contributed by atoms with van der Waals surface area (Å²) < 4.78 is 35.3. The van der Waals surface area contributed by atoms with E-state index in [0.717, 1.165) is 25.8 Å². The molecule has 0 unspecified atom stereocenters. The fourth-order valence-corrected chi connectivity index (χ4v) is 4.88. The molecular formula is C24H14Br2N2O3S. The van der Waals surface area contributed by atoms with Gasteiger partial charge in [0.25, 0.3) is 10.1 Å². The Balaban J connectivity index is 1.85. The number of benzene rings is 4. The SMILES string of the molecule is O=S(=O)(O)c1cccc2cc3nc(-c4ccc(Br)cc4)c(-c4ccc(Br)cc4)nc3cc12. The van der Waals surface area contributed by atoms with Gasteiger partial charge in [0.05, 0.1) is 22.4 Å². The summed E-state index contributed by atoms with van der Waals surface area (Å²) in [6.07, 6.45) is 0. The van der Waals surface area contributed by atoms with E-state index in [1.807, 2.05) is 48.5 Å². The lowest BCUT2D eigenvalue weighted by Gasteiger charge is -2.12. The Bertz CT molecular complexity index is 1600. The van der Waals surface area contributed by atoms with Crippen molar-refractivity contribution in [3.63, 3.8) is 0 Å². The second-order valence-corrected chi connectivity index (χ2v) is 10.4. The molecule has 1 N–H and O–H groups in total. The lowest BCUT2D eigenvalue weighted by molar-refractivity contribution is 0.484. The maximum atomic E-state index is 11.9. The molecule has 1 heterocycles. The summed E-state index contributed by atoms with van der Waals surface area (Å²) in [5.74, 6) is 0. The molecule has 0 fully saturated rings. The monoisotopic (exact) mass is 568 g/mol. The smallest absolute Gasteiger partial charge is 0.282 e. The molecule has 158 valence electrons. The fourth-order valence-electron chi connectivity index (χ4n) is 3.64. The van der Waals surface area contributed by atoms with Crippen LogP contribution in [-0.4, -0.2) is 22.9 Å². The van der Waals surface area contributed by atoms with Crippen molar-refractivity contribution in [3.8, 4) is 22.5 Å². The van der Waals surface area contributed by atoms with Crippen LogP contribution in [-0.2, 0) is 10.1 Å². The van der Waals surface area contributed by atoms with Gasteiger partial charge in [-0.05, 0) is 47.9 Å². The zero-order valence-corrected chi connectivity index (χ0v) is 20.3. The minimum atomic E-state index is -4.38. The standard InChI is InChI=1S/C24H14Br2N2O3S/c25-17-8-4-14(5-9-17)23-24(15-6-10-18(26)11-7-15)28-21-13-19-16(12-20(21)27-23)2-1-3-22(19)32(29,30)31/h1-13H,(H,29,30,31). The molecule has 0 aliphatic rings. The summed E-state index contributed by atoms with van der Waals surface area (Å²) in [6.45, 7) is 0. The van der Waals surface area contributed by atoms with Gasteiger partial charge >= 0.3 is 0 Å². The van der Waals surface area contributed by atoms with E-state index in [2.05, 4.69) is 31.9 Å². The van der Waals surface area contributed by atoms with Crippen molar-refractivity contribution < 1.29 is 13.0 Å². The highest BCUT2D eigenvalue weighted by molar-refractivity contribution is 9.10. The molecule has 0 aliphatic heterocycles. The molecule has 0 atom stereocenters. The molecule has 4 aromatic carbocycles. The summed E-state index contributed by atoms with van der Waals surface area (Å²) in [5, 5.41) is 1.05. The Hall–Kier alpha value is -2.65. The number of aromatic nitrogens is 2. The van der Waals surface area contributed by atoms with Crippen LogP contribution in [0.3, 0.4) is 0 Å². The van der Waals surface area contributed by atoms with Crippen LogP contribution >= 0.6 is 31.9 Å². The fraction of sp³-hybridized carbons (Fsp3) is 0. The van der Waals surface area contributed by atoms with Crippen LogP contribution in [0.25, 0.3) is 44.3 Å². The lowest BCUT2D eigenvalue weighted by atomic mass is 10.0. The molecule has 0 saturated carbocycles. The number of hydrogen-bond acceptors (Lipinski definition) is 4. The summed E-state index contributed by atoms with van der Waals surface area (Å²) in [7, 11) is -4.38. The Morgan fingerprint density at radius 3 is 1.69 bits per heavy atom. The van der Waals surface area contributed by atoms with Crippen LogP contribution in [0, 0.1) is 0 Å². The third-order valence-electron chi connectivity index (χ3n) is 5.14. The first-order chi connectivity index (χ1) is 15.3. The van der Waals surface area contributed by atoms with Gasteiger partial charge in [-0.1, -0.05) is 68.3 Å². The average molecular weight is 570 g/mol. The summed E-state index contributed by atoms with van der Waals surface area (Å²) >= 11 is 6.93. The highest BCUT2D eigenvalue weighted by atomic mass is 79.9. The highest BCUT2D eigenvalue weighted by Gasteiger charge is 2.17. The van der Waals surface area contributed by atoms with Gasteiger partial charge in [0, 0.05) is 25.5 Å². The predicted octanol–water partition coefficient (Wildman–Crippen LogP) is 6.89. The highest BCUT2D eigenvalue weighted by Crippen LogP contribution is 2.34. The van der Waals surface area contributed by atoms with Crippen molar-refractivity contribution in [3.05, 3.63) is 87.8 Å². The van der Waals surface area contributed by atoms with Crippen LogP contribution < -0.4 is 0 Å². The van der Waals surface area contributed by atoms with E-state index in [0.29, 0.717) is 27.5 Å². The Morgan fingerprint density at radius 2 is 1.19 bits per heavy atom. The van der Waals surface area contributed by atoms with Crippen molar-refractivity contribution in [2.75, 3.05) is 0 Å². The first kappa shape index (κ1) is 21.2. The predicted molar refractivity (Wildman–Crippen MR) is 133 cm³/mol. The topological polar surface area (TPSA) is 80.2 Å². The third kappa shape index (κ3) is 3.95. The van der Waals surface area contributed by atoms with Crippen LogP contribution in [0.5, 0.6) is 0 Å². The number of halogens is 2. The first-order valence-electron chi connectivity index (χ1n) is 9.53. The lowest BCUT2D eigenvalue weighted by Crippen LogP contribution is -2.00. The molecule has 32 heavy (non-hydrogen) atoms. The average Bonchev–Trinajstić information content (AvgIpc) is 2.77. The second kappa shape index (κ2) is 8.04. The quantitative estimate of drug-likeness (QED) is 0.189. The molecule has 0 bridgehead atoms. The van der Waals surface area contributed by atoms with Gasteiger partial charge in [0.1, 0.15) is 4.90 Å². The van der Waals surface area contributed by atoms with E-state index in [4.69, 9.17) is 9.97 Å². The molecule has 0 saturated heterocycles. The Kier molecular flexibility index (Phi) is 5.33. The van der Waals surface area contributed by atoms with E-state index < -0.39 is 10.1 Å². The minimum absolute atomic E-state index is 0.152. The van der Waals surface area contributed by atoms with Gasteiger partial charge in [-0.25, -0.2) is 9.97 Å². The zero-order chi connectivity index (χ0) is 22.5. The third-order valence-corrected chi connectivity index (χ3v) is 7.11. The summed E-state index contributed by atoms with van der Waals surface area (Å²) in [6, 6.07) is 23.8. The molecule has 1 aromatic heterocycles. The first-order valence-corrected chi connectivity index (χ1v) is 12.6. The van der Waals surface area contributed by atoms with E-state index in [-0.39, 0.29) is 4.90 Å². The van der Waals surface area contributed by atoms with Gasteiger partial charge in [-0.15, -0.1) is 0 Å².